The van der Waals surface area contributed by atoms with Crippen molar-refractivity contribution in [3.05, 3.63) is 246 Å². The molecule has 0 N–H and O–H groups in total. The van der Waals surface area contributed by atoms with Gasteiger partial charge in [0.15, 0.2) is 40.5 Å². The summed E-state index contributed by atoms with van der Waals surface area (Å²) in [6.45, 7) is 0. The minimum absolute atomic E-state index is 0.535. The fraction of sp³-hybridized carbons (Fsp3) is 0.0169. The Labute approximate surface area is 376 Å². The first-order chi connectivity index (χ1) is 32.1. The Morgan fingerprint density at radius 3 is 1.54 bits per heavy atom. The van der Waals surface area contributed by atoms with Crippen molar-refractivity contribution in [2.45, 2.75) is 5.41 Å². The van der Waals surface area contributed by atoms with Crippen LogP contribution in [0, 0.1) is 11.3 Å². The number of nitriles is 1. The smallest absolute Gasteiger partial charge is 0.170 e. The molecule has 0 saturated heterocycles. The third-order valence-corrected chi connectivity index (χ3v) is 12.5. The first-order valence-corrected chi connectivity index (χ1v) is 21.5. The number of hydrogen-bond donors (Lipinski definition) is 0. The van der Waals surface area contributed by atoms with Crippen molar-refractivity contribution in [1.82, 2.24) is 15.0 Å². The van der Waals surface area contributed by atoms with E-state index in [0.29, 0.717) is 46.0 Å². The van der Waals surface area contributed by atoms with Gasteiger partial charge in [0, 0.05) is 16.7 Å². The average Bonchev–Trinajstić information content (AvgIpc) is 3.67. The summed E-state index contributed by atoms with van der Waals surface area (Å²) in [5.41, 5.74) is 13.7. The normalized spacial score (nSPS) is 12.7. The molecule has 1 aliphatic heterocycles. The zero-order valence-corrected chi connectivity index (χ0v) is 34.9. The van der Waals surface area contributed by atoms with Gasteiger partial charge in [-0.25, -0.2) is 15.0 Å². The molecular formula is C59H36N4O2. The highest BCUT2D eigenvalue weighted by atomic mass is 16.6. The molecule has 0 fully saturated rings. The highest BCUT2D eigenvalue weighted by Crippen LogP contribution is 2.59. The number of benzene rings is 9. The van der Waals surface area contributed by atoms with Gasteiger partial charge < -0.3 is 9.47 Å². The van der Waals surface area contributed by atoms with Gasteiger partial charge in [-0.2, -0.15) is 5.26 Å². The second-order valence-corrected chi connectivity index (χ2v) is 16.3. The second-order valence-electron chi connectivity index (χ2n) is 16.3. The summed E-state index contributed by atoms with van der Waals surface area (Å²) in [6.07, 6.45) is 0. The molecule has 6 heteroatoms. The van der Waals surface area contributed by atoms with Crippen LogP contribution in [0.1, 0.15) is 27.8 Å². The Kier molecular flexibility index (Phi) is 8.99. The lowest BCUT2D eigenvalue weighted by Gasteiger charge is -2.34. The Hall–Kier alpha value is -8.92. The minimum atomic E-state index is -0.535. The molecule has 304 valence electrons. The van der Waals surface area contributed by atoms with E-state index in [9.17, 15) is 5.26 Å². The molecule has 2 aliphatic rings. The van der Waals surface area contributed by atoms with Crippen LogP contribution in [0.25, 0.3) is 67.5 Å². The van der Waals surface area contributed by atoms with Crippen LogP contribution >= 0.6 is 0 Å². The highest BCUT2D eigenvalue weighted by molar-refractivity contribution is 5.88. The summed E-state index contributed by atoms with van der Waals surface area (Å²) in [7, 11) is 0. The quantitative estimate of drug-likeness (QED) is 0.159. The molecule has 0 spiro atoms. The van der Waals surface area contributed by atoms with Crippen molar-refractivity contribution in [3.8, 4) is 96.6 Å². The monoisotopic (exact) mass is 832 g/mol. The van der Waals surface area contributed by atoms with Gasteiger partial charge in [0.2, 0.25) is 0 Å². The van der Waals surface area contributed by atoms with Gasteiger partial charge in [0.1, 0.15) is 0 Å². The van der Waals surface area contributed by atoms with Gasteiger partial charge in [-0.15, -0.1) is 0 Å². The fourth-order valence-corrected chi connectivity index (χ4v) is 9.46. The predicted molar refractivity (Wildman–Crippen MR) is 256 cm³/mol. The van der Waals surface area contributed by atoms with Crippen LogP contribution in [-0.4, -0.2) is 15.0 Å². The first-order valence-electron chi connectivity index (χ1n) is 21.5. The summed E-state index contributed by atoms with van der Waals surface area (Å²) in [5, 5.41) is 9.51. The van der Waals surface area contributed by atoms with E-state index in [0.717, 1.165) is 50.1 Å². The van der Waals surface area contributed by atoms with Crippen LogP contribution < -0.4 is 9.47 Å². The Balaban J connectivity index is 0.882. The molecule has 2 heterocycles. The Bertz CT molecular complexity index is 3450. The van der Waals surface area contributed by atoms with E-state index in [4.69, 9.17) is 24.4 Å². The van der Waals surface area contributed by atoms with Crippen molar-refractivity contribution < 1.29 is 9.47 Å². The molecule has 0 amide bonds. The lowest BCUT2D eigenvalue weighted by atomic mass is 9.67. The maximum Gasteiger partial charge on any atom is 0.170 e. The zero-order valence-electron chi connectivity index (χ0n) is 34.9. The van der Waals surface area contributed by atoms with Gasteiger partial charge in [0.25, 0.3) is 0 Å². The third kappa shape index (κ3) is 6.45. The maximum atomic E-state index is 9.51. The van der Waals surface area contributed by atoms with E-state index in [1.807, 2.05) is 91.0 Å². The maximum absolute atomic E-state index is 9.51. The van der Waals surface area contributed by atoms with E-state index in [1.165, 1.54) is 22.3 Å². The van der Waals surface area contributed by atoms with Crippen LogP contribution in [0.3, 0.4) is 0 Å². The molecule has 9 aromatic carbocycles. The van der Waals surface area contributed by atoms with Crippen LogP contribution in [0.15, 0.2) is 218 Å². The Morgan fingerprint density at radius 1 is 0.338 bits per heavy atom. The van der Waals surface area contributed by atoms with Crippen molar-refractivity contribution in [2.24, 2.45) is 0 Å². The summed E-state index contributed by atoms with van der Waals surface area (Å²) >= 11 is 0. The highest BCUT2D eigenvalue weighted by Gasteiger charge is 2.47. The second kappa shape index (κ2) is 15.5. The molecular weight excluding hydrogens is 797 g/mol. The van der Waals surface area contributed by atoms with Crippen LogP contribution in [0.5, 0.6) is 23.0 Å². The van der Waals surface area contributed by atoms with Crippen molar-refractivity contribution in [1.29, 1.82) is 5.26 Å². The number of fused-ring (bicyclic) bond motifs is 5. The van der Waals surface area contributed by atoms with E-state index in [1.54, 1.807) is 6.07 Å². The predicted octanol–water partition coefficient (Wildman–Crippen LogP) is 14.3. The number of nitrogens with zero attached hydrogens (tertiary/aromatic N) is 4. The van der Waals surface area contributed by atoms with Gasteiger partial charge in [-0.1, -0.05) is 176 Å². The van der Waals surface area contributed by atoms with Gasteiger partial charge in [0.05, 0.1) is 17.0 Å². The summed E-state index contributed by atoms with van der Waals surface area (Å²) in [5.74, 6) is 4.38. The van der Waals surface area contributed by atoms with Gasteiger partial charge in [-0.3, -0.25) is 0 Å². The molecule has 6 nitrogen and oxygen atoms in total. The number of hydrogen-bond acceptors (Lipinski definition) is 6. The molecule has 10 aromatic rings. The van der Waals surface area contributed by atoms with E-state index >= 15 is 0 Å². The molecule has 1 aliphatic carbocycles. The number of aromatic nitrogens is 3. The van der Waals surface area contributed by atoms with Crippen LogP contribution in [0.4, 0.5) is 0 Å². The average molecular weight is 833 g/mol. The van der Waals surface area contributed by atoms with Crippen molar-refractivity contribution >= 4 is 0 Å². The molecule has 12 rings (SSSR count). The molecule has 1 aromatic heterocycles. The molecule has 0 saturated carbocycles. The van der Waals surface area contributed by atoms with E-state index in [-0.39, 0.29) is 0 Å². The number of rotatable bonds is 7. The van der Waals surface area contributed by atoms with E-state index < -0.39 is 5.41 Å². The molecule has 0 radical (unpaired) electrons. The summed E-state index contributed by atoms with van der Waals surface area (Å²) in [4.78, 5) is 14.9. The largest absolute Gasteiger partial charge is 0.450 e. The molecule has 0 atom stereocenters. The lowest BCUT2D eigenvalue weighted by Crippen LogP contribution is -2.28. The Morgan fingerprint density at radius 2 is 0.831 bits per heavy atom. The van der Waals surface area contributed by atoms with Gasteiger partial charge in [-0.05, 0) is 98.1 Å². The minimum Gasteiger partial charge on any atom is -0.450 e. The molecule has 0 unspecified atom stereocenters. The summed E-state index contributed by atoms with van der Waals surface area (Å²) in [6, 6.07) is 76.8. The third-order valence-electron chi connectivity index (χ3n) is 12.5. The van der Waals surface area contributed by atoms with Crippen molar-refractivity contribution in [3.63, 3.8) is 0 Å². The standard InChI is InChI=1S/C59H36N4O2/c60-37-38-14-12-17-42(32-38)43-18-13-19-45(33-43)58-62-56(40-15-4-1-5-16-40)61-57(63-58)41-28-26-39(27-29-41)44-30-31-52-53(34-44)65-54-35-49-48-24-10-11-25-50(48)59(46-20-6-2-7-21-46,47-22-8-3-9-23-47)51(49)36-55(54)64-52/h1-36H. The van der Waals surface area contributed by atoms with Crippen LogP contribution in [0.2, 0.25) is 0 Å². The zero-order chi connectivity index (χ0) is 43.3. The fourth-order valence-electron chi connectivity index (χ4n) is 9.46. The lowest BCUT2D eigenvalue weighted by molar-refractivity contribution is 0.359. The van der Waals surface area contributed by atoms with Gasteiger partial charge >= 0.3 is 0 Å². The molecule has 0 bridgehead atoms. The summed E-state index contributed by atoms with van der Waals surface area (Å²) < 4.78 is 13.5. The number of ether oxygens (including phenoxy) is 2. The van der Waals surface area contributed by atoms with Crippen LogP contribution in [-0.2, 0) is 5.41 Å². The van der Waals surface area contributed by atoms with E-state index in [2.05, 4.69) is 127 Å². The SMILES string of the molecule is N#Cc1cccc(-c2cccc(-c3nc(-c4ccccc4)nc(-c4ccc(-c5ccc6c(c5)Oc5cc7c(cc5O6)C(c5ccccc5)(c5ccccc5)c5ccccc5-7)cc4)n3)c2)c1. The van der Waals surface area contributed by atoms with Crippen molar-refractivity contribution in [2.75, 3.05) is 0 Å². The molecule has 65 heavy (non-hydrogen) atoms. The first kappa shape index (κ1) is 37.8. The topological polar surface area (TPSA) is 80.9 Å².